The molecule has 2 N–H and O–H groups in total. The summed E-state index contributed by atoms with van der Waals surface area (Å²) in [6.45, 7) is 16.0. The Bertz CT molecular complexity index is 551. The van der Waals surface area contributed by atoms with E-state index >= 15 is 0 Å². The zero-order valence-electron chi connectivity index (χ0n) is 17.9. The predicted octanol–water partition coefficient (Wildman–Crippen LogP) is 3.42. The monoisotopic (exact) mass is 365 g/mol. The SMILES string of the molecule is CCNC(=NCc1c(C)nn(CCOC)c1C)NC(C)CCCC(C)C. The average Bonchev–Trinajstić information content (AvgIpc) is 2.84. The fraction of sp³-hybridized carbons (Fsp3) is 0.800. The third-order valence-electron chi connectivity index (χ3n) is 4.58. The molecule has 0 radical (unpaired) electrons. The van der Waals surface area contributed by atoms with E-state index in [1.54, 1.807) is 7.11 Å². The first kappa shape index (κ1) is 22.5. The van der Waals surface area contributed by atoms with Gasteiger partial charge in [0, 0.05) is 31.0 Å². The third kappa shape index (κ3) is 7.77. The predicted molar refractivity (Wildman–Crippen MR) is 110 cm³/mol. The van der Waals surface area contributed by atoms with Crippen LogP contribution in [0.1, 0.15) is 63.9 Å². The molecule has 0 aliphatic heterocycles. The van der Waals surface area contributed by atoms with Gasteiger partial charge in [-0.3, -0.25) is 4.68 Å². The van der Waals surface area contributed by atoms with Crippen molar-refractivity contribution in [2.24, 2.45) is 10.9 Å². The summed E-state index contributed by atoms with van der Waals surface area (Å²) in [6.07, 6.45) is 3.68. The largest absolute Gasteiger partial charge is 0.383 e. The van der Waals surface area contributed by atoms with Crippen molar-refractivity contribution in [3.63, 3.8) is 0 Å². The summed E-state index contributed by atoms with van der Waals surface area (Å²) in [5.41, 5.74) is 3.41. The molecule has 6 heteroatoms. The fourth-order valence-electron chi connectivity index (χ4n) is 2.97. The lowest BCUT2D eigenvalue weighted by Crippen LogP contribution is -2.42. The summed E-state index contributed by atoms with van der Waals surface area (Å²) < 4.78 is 7.17. The molecule has 0 amide bonds. The molecule has 26 heavy (non-hydrogen) atoms. The molecular formula is C20H39N5O. The second-order valence-electron chi connectivity index (χ2n) is 7.43. The number of guanidine groups is 1. The van der Waals surface area contributed by atoms with Crippen LogP contribution < -0.4 is 10.6 Å². The highest BCUT2D eigenvalue weighted by Crippen LogP contribution is 2.14. The van der Waals surface area contributed by atoms with Crippen LogP contribution in [0.15, 0.2) is 4.99 Å². The molecule has 0 aliphatic rings. The van der Waals surface area contributed by atoms with Crippen molar-refractivity contribution in [3.05, 3.63) is 17.0 Å². The van der Waals surface area contributed by atoms with Crippen LogP contribution in [-0.2, 0) is 17.8 Å². The van der Waals surface area contributed by atoms with Gasteiger partial charge in [0.2, 0.25) is 0 Å². The van der Waals surface area contributed by atoms with Crippen molar-refractivity contribution >= 4 is 5.96 Å². The van der Waals surface area contributed by atoms with Gasteiger partial charge in [0.15, 0.2) is 5.96 Å². The Morgan fingerprint density at radius 3 is 2.58 bits per heavy atom. The first-order valence-electron chi connectivity index (χ1n) is 9.95. The van der Waals surface area contributed by atoms with Crippen molar-refractivity contribution in [3.8, 4) is 0 Å². The van der Waals surface area contributed by atoms with Gasteiger partial charge in [0.25, 0.3) is 0 Å². The summed E-state index contributed by atoms with van der Waals surface area (Å²) in [4.78, 5) is 4.79. The first-order valence-corrected chi connectivity index (χ1v) is 9.95. The number of ether oxygens (including phenoxy) is 1. The third-order valence-corrected chi connectivity index (χ3v) is 4.58. The molecule has 1 aromatic heterocycles. The molecule has 0 aliphatic carbocycles. The molecule has 1 unspecified atom stereocenters. The van der Waals surface area contributed by atoms with Gasteiger partial charge in [-0.2, -0.15) is 5.10 Å². The number of hydrogen-bond acceptors (Lipinski definition) is 3. The normalized spacial score (nSPS) is 13.3. The van der Waals surface area contributed by atoms with Gasteiger partial charge in [-0.15, -0.1) is 0 Å². The summed E-state index contributed by atoms with van der Waals surface area (Å²) in [7, 11) is 1.72. The minimum atomic E-state index is 0.415. The van der Waals surface area contributed by atoms with E-state index in [0.717, 1.165) is 37.1 Å². The standard InChI is InChI=1S/C20H39N5O/c1-8-21-20(23-16(4)11-9-10-15(2)3)22-14-19-17(5)24-25(18(19)6)12-13-26-7/h15-16H,8-14H2,1-7H3,(H2,21,22,23). The summed E-state index contributed by atoms with van der Waals surface area (Å²) in [5.74, 6) is 1.65. The molecule has 0 aromatic carbocycles. The van der Waals surface area contributed by atoms with E-state index in [-0.39, 0.29) is 0 Å². The van der Waals surface area contributed by atoms with Gasteiger partial charge < -0.3 is 15.4 Å². The maximum atomic E-state index is 5.16. The number of hydrogen-bond donors (Lipinski definition) is 2. The zero-order valence-corrected chi connectivity index (χ0v) is 17.9. The Balaban J connectivity index is 2.69. The van der Waals surface area contributed by atoms with E-state index in [0.29, 0.717) is 19.2 Å². The van der Waals surface area contributed by atoms with Crippen LogP contribution in [0.3, 0.4) is 0 Å². The number of methoxy groups -OCH3 is 1. The molecule has 6 nitrogen and oxygen atoms in total. The molecular weight excluding hydrogens is 326 g/mol. The van der Waals surface area contributed by atoms with E-state index in [2.05, 4.69) is 57.3 Å². The van der Waals surface area contributed by atoms with E-state index in [4.69, 9.17) is 9.73 Å². The van der Waals surface area contributed by atoms with Crippen molar-refractivity contribution in [2.75, 3.05) is 20.3 Å². The van der Waals surface area contributed by atoms with Crippen LogP contribution in [0, 0.1) is 19.8 Å². The van der Waals surface area contributed by atoms with Crippen LogP contribution in [0.5, 0.6) is 0 Å². The topological polar surface area (TPSA) is 63.5 Å². The number of aromatic nitrogens is 2. The Hall–Kier alpha value is -1.56. The van der Waals surface area contributed by atoms with E-state index in [1.807, 2.05) is 4.68 Å². The first-order chi connectivity index (χ1) is 12.4. The Morgan fingerprint density at radius 1 is 1.23 bits per heavy atom. The van der Waals surface area contributed by atoms with Gasteiger partial charge in [0.05, 0.1) is 25.4 Å². The van der Waals surface area contributed by atoms with Crippen LogP contribution in [0.2, 0.25) is 0 Å². The number of aliphatic imine (C=N–C) groups is 1. The summed E-state index contributed by atoms with van der Waals surface area (Å²) in [5, 5.41) is 11.5. The highest BCUT2D eigenvalue weighted by molar-refractivity contribution is 5.80. The van der Waals surface area contributed by atoms with Crippen LogP contribution in [0.25, 0.3) is 0 Å². The second-order valence-corrected chi connectivity index (χ2v) is 7.43. The van der Waals surface area contributed by atoms with E-state index in [9.17, 15) is 0 Å². The molecule has 0 saturated carbocycles. The lowest BCUT2D eigenvalue weighted by atomic mass is 10.0. The highest BCUT2D eigenvalue weighted by atomic mass is 16.5. The van der Waals surface area contributed by atoms with Crippen LogP contribution >= 0.6 is 0 Å². The van der Waals surface area contributed by atoms with Gasteiger partial charge >= 0.3 is 0 Å². The highest BCUT2D eigenvalue weighted by Gasteiger charge is 2.12. The zero-order chi connectivity index (χ0) is 19.5. The number of nitrogens with one attached hydrogen (secondary N) is 2. The van der Waals surface area contributed by atoms with Gasteiger partial charge in [-0.25, -0.2) is 4.99 Å². The number of aryl methyl sites for hydroxylation is 1. The van der Waals surface area contributed by atoms with Gasteiger partial charge in [0.1, 0.15) is 0 Å². The van der Waals surface area contributed by atoms with Crippen molar-refractivity contribution in [2.45, 2.75) is 79.9 Å². The maximum Gasteiger partial charge on any atom is 0.191 e. The number of nitrogens with zero attached hydrogens (tertiary/aromatic N) is 3. The van der Waals surface area contributed by atoms with Gasteiger partial charge in [-0.1, -0.05) is 26.7 Å². The van der Waals surface area contributed by atoms with Gasteiger partial charge in [-0.05, 0) is 40.0 Å². The second kappa shape index (κ2) is 11.9. The fourth-order valence-corrected chi connectivity index (χ4v) is 2.97. The van der Waals surface area contributed by atoms with Crippen molar-refractivity contribution in [1.82, 2.24) is 20.4 Å². The molecule has 0 bridgehead atoms. The molecule has 150 valence electrons. The molecule has 1 aromatic rings. The Kier molecular flexibility index (Phi) is 10.3. The molecule has 1 heterocycles. The molecule has 0 saturated heterocycles. The Morgan fingerprint density at radius 2 is 1.96 bits per heavy atom. The minimum absolute atomic E-state index is 0.415. The van der Waals surface area contributed by atoms with Crippen molar-refractivity contribution < 1.29 is 4.74 Å². The van der Waals surface area contributed by atoms with E-state index < -0.39 is 0 Å². The smallest absolute Gasteiger partial charge is 0.191 e. The summed E-state index contributed by atoms with van der Waals surface area (Å²) in [6, 6.07) is 0.415. The summed E-state index contributed by atoms with van der Waals surface area (Å²) >= 11 is 0. The lowest BCUT2D eigenvalue weighted by molar-refractivity contribution is 0.182. The molecule has 0 fully saturated rings. The molecule has 1 atom stereocenters. The van der Waals surface area contributed by atoms with E-state index in [1.165, 1.54) is 24.1 Å². The van der Waals surface area contributed by atoms with Crippen LogP contribution in [0.4, 0.5) is 0 Å². The van der Waals surface area contributed by atoms with Crippen LogP contribution in [-0.4, -0.2) is 42.0 Å². The quantitative estimate of drug-likeness (QED) is 0.466. The lowest BCUT2D eigenvalue weighted by Gasteiger charge is -2.18. The van der Waals surface area contributed by atoms with Crippen molar-refractivity contribution in [1.29, 1.82) is 0 Å². The maximum absolute atomic E-state index is 5.16. The molecule has 0 spiro atoms. The Labute approximate surface area is 159 Å². The average molecular weight is 366 g/mol. The minimum Gasteiger partial charge on any atom is -0.383 e. The molecule has 1 rings (SSSR count). The number of rotatable bonds is 11.